The Balaban J connectivity index is 1.85. The Hall–Kier alpha value is -2.93. The molecule has 0 aliphatic carbocycles. The Morgan fingerprint density at radius 1 is 1.11 bits per heavy atom. The first-order valence-corrected chi connectivity index (χ1v) is 9.50. The van der Waals surface area contributed by atoms with Gasteiger partial charge in [-0.2, -0.15) is 0 Å². The van der Waals surface area contributed by atoms with E-state index in [1.54, 1.807) is 50.2 Å². The number of furan rings is 1. The summed E-state index contributed by atoms with van der Waals surface area (Å²) >= 11 is 1.30. The number of nitrogens with zero attached hydrogens (tertiary/aromatic N) is 2. The van der Waals surface area contributed by atoms with E-state index in [0.717, 1.165) is 0 Å². The predicted octanol–water partition coefficient (Wildman–Crippen LogP) is 4.20. The Kier molecular flexibility index (Phi) is 5.71. The molecule has 0 N–H and O–H groups in total. The van der Waals surface area contributed by atoms with Gasteiger partial charge in [-0.15, -0.1) is 11.8 Å². The van der Waals surface area contributed by atoms with Crippen molar-refractivity contribution in [3.05, 3.63) is 65.5 Å². The van der Waals surface area contributed by atoms with Crippen molar-refractivity contribution in [3.8, 4) is 11.6 Å². The molecule has 2 heterocycles. The quantitative estimate of drug-likeness (QED) is 0.273. The lowest BCUT2D eigenvalue weighted by Gasteiger charge is -2.15. The zero-order valence-corrected chi connectivity index (χ0v) is 15.9. The van der Waals surface area contributed by atoms with Gasteiger partial charge in [-0.1, -0.05) is 30.3 Å². The van der Waals surface area contributed by atoms with Gasteiger partial charge in [0, 0.05) is 5.56 Å². The molecule has 138 valence electrons. The lowest BCUT2D eigenvalue weighted by molar-refractivity contribution is 0.0313. The zero-order chi connectivity index (χ0) is 19.4. The van der Waals surface area contributed by atoms with E-state index in [-0.39, 0.29) is 11.3 Å². The highest BCUT2D eigenvalue weighted by Crippen LogP contribution is 2.26. The van der Waals surface area contributed by atoms with Crippen molar-refractivity contribution in [2.24, 2.45) is 0 Å². The van der Waals surface area contributed by atoms with Gasteiger partial charge in [0.05, 0.1) is 12.0 Å². The maximum Gasteiger partial charge on any atom is 0.343 e. The zero-order valence-electron chi connectivity index (χ0n) is 15.1. The number of thioether (sulfide) groups is 1. The molecule has 0 bridgehead atoms. The number of aromatic nitrogens is 2. The molecule has 1 aromatic carbocycles. The maximum absolute atomic E-state index is 12.7. The van der Waals surface area contributed by atoms with Gasteiger partial charge >= 0.3 is 5.97 Å². The molecule has 3 rings (SSSR count). The van der Waals surface area contributed by atoms with Gasteiger partial charge in [-0.3, -0.25) is 4.79 Å². The van der Waals surface area contributed by atoms with Crippen molar-refractivity contribution in [1.82, 2.24) is 9.97 Å². The van der Waals surface area contributed by atoms with Crippen LogP contribution < -0.4 is 0 Å². The number of esters is 1. The second kappa shape index (κ2) is 8.18. The minimum Gasteiger partial charge on any atom is -0.461 e. The summed E-state index contributed by atoms with van der Waals surface area (Å²) in [7, 11) is 0. The normalized spacial score (nSPS) is 11.8. The van der Waals surface area contributed by atoms with Crippen LogP contribution in [0.25, 0.3) is 11.6 Å². The Morgan fingerprint density at radius 2 is 1.85 bits per heavy atom. The lowest BCUT2D eigenvalue weighted by atomic mass is 10.1. The monoisotopic (exact) mass is 382 g/mol. The van der Waals surface area contributed by atoms with E-state index in [0.29, 0.717) is 27.9 Å². The summed E-state index contributed by atoms with van der Waals surface area (Å²) in [5, 5.41) is 0.471. The highest BCUT2D eigenvalue weighted by atomic mass is 32.2. The van der Waals surface area contributed by atoms with Crippen LogP contribution in [0.3, 0.4) is 0 Å². The fraction of sp³-hybridized carbons (Fsp3) is 0.200. The molecule has 6 nitrogen and oxygen atoms in total. The number of hydrogen-bond acceptors (Lipinski definition) is 7. The number of aryl methyl sites for hydroxylation is 1. The van der Waals surface area contributed by atoms with Crippen molar-refractivity contribution in [3.63, 3.8) is 0 Å². The molecule has 1 atom stereocenters. The van der Waals surface area contributed by atoms with Gasteiger partial charge in [0.2, 0.25) is 5.78 Å². The molecular weight excluding hydrogens is 364 g/mol. The van der Waals surface area contributed by atoms with Crippen LogP contribution in [0.1, 0.15) is 33.3 Å². The number of hydrogen-bond donors (Lipinski definition) is 0. The molecule has 0 spiro atoms. The molecule has 0 unspecified atom stereocenters. The summed E-state index contributed by atoms with van der Waals surface area (Å²) in [6.07, 6.45) is 2.42. The first kappa shape index (κ1) is 18.8. The van der Waals surface area contributed by atoms with Crippen molar-refractivity contribution >= 4 is 23.5 Å². The predicted molar refractivity (Wildman–Crippen MR) is 102 cm³/mol. The van der Waals surface area contributed by atoms with E-state index in [4.69, 9.17) is 9.15 Å². The molecule has 27 heavy (non-hydrogen) atoms. The molecule has 0 amide bonds. The standard InChI is InChI=1S/C20H18N2O4S/c1-12-16(19(27-3)22-18(21-12)15-10-7-11-25-15)20(24)26-13(2)17(23)14-8-5-4-6-9-14/h4-11,13H,1-3H3/t13-/m1/s1. The van der Waals surface area contributed by atoms with Crippen LogP contribution in [0.5, 0.6) is 0 Å². The third kappa shape index (κ3) is 4.09. The number of benzene rings is 1. The summed E-state index contributed by atoms with van der Waals surface area (Å²) < 4.78 is 10.7. The third-order valence-electron chi connectivity index (χ3n) is 3.91. The van der Waals surface area contributed by atoms with Crippen molar-refractivity contribution < 1.29 is 18.7 Å². The number of rotatable bonds is 6. The van der Waals surface area contributed by atoms with Crippen molar-refractivity contribution in [1.29, 1.82) is 0 Å². The molecule has 0 fully saturated rings. The molecule has 0 radical (unpaired) electrons. The summed E-state index contributed by atoms with van der Waals surface area (Å²) in [6, 6.07) is 12.2. The van der Waals surface area contributed by atoms with Crippen LogP contribution in [0, 0.1) is 6.92 Å². The SMILES string of the molecule is CSc1nc(-c2ccco2)nc(C)c1C(=O)O[C@H](C)C(=O)c1ccccc1. The fourth-order valence-corrected chi connectivity index (χ4v) is 3.17. The molecule has 0 saturated heterocycles. The summed E-state index contributed by atoms with van der Waals surface area (Å²) in [5.41, 5.74) is 1.21. The second-order valence-electron chi connectivity index (χ2n) is 5.77. The van der Waals surface area contributed by atoms with Crippen LogP contribution in [-0.2, 0) is 4.74 Å². The number of carbonyl (C=O) groups excluding carboxylic acids is 2. The van der Waals surface area contributed by atoms with E-state index >= 15 is 0 Å². The lowest BCUT2D eigenvalue weighted by Crippen LogP contribution is -2.25. The van der Waals surface area contributed by atoms with Gasteiger partial charge in [0.1, 0.15) is 10.6 Å². The number of carbonyl (C=O) groups is 2. The second-order valence-corrected chi connectivity index (χ2v) is 6.57. The number of ketones is 1. The molecule has 3 aromatic rings. The van der Waals surface area contributed by atoms with Crippen LogP contribution in [0.15, 0.2) is 58.2 Å². The van der Waals surface area contributed by atoms with E-state index in [2.05, 4.69) is 9.97 Å². The van der Waals surface area contributed by atoms with Gasteiger partial charge < -0.3 is 9.15 Å². The maximum atomic E-state index is 12.7. The van der Waals surface area contributed by atoms with Crippen LogP contribution in [0.2, 0.25) is 0 Å². The van der Waals surface area contributed by atoms with Gasteiger partial charge in [-0.25, -0.2) is 14.8 Å². The highest BCUT2D eigenvalue weighted by molar-refractivity contribution is 7.98. The highest BCUT2D eigenvalue weighted by Gasteiger charge is 2.25. The molecule has 0 saturated carbocycles. The van der Waals surface area contributed by atoms with Gasteiger partial charge in [0.25, 0.3) is 0 Å². The van der Waals surface area contributed by atoms with Crippen molar-refractivity contribution in [2.75, 3.05) is 6.26 Å². The minimum absolute atomic E-state index is 0.255. The molecule has 2 aromatic heterocycles. The number of Topliss-reactive ketones (excluding diaryl/α,β-unsaturated/α-hetero) is 1. The van der Waals surface area contributed by atoms with E-state index in [1.165, 1.54) is 18.0 Å². The van der Waals surface area contributed by atoms with Gasteiger partial charge in [-0.05, 0) is 32.2 Å². The Labute approximate surface area is 161 Å². The average molecular weight is 382 g/mol. The van der Waals surface area contributed by atoms with Crippen molar-refractivity contribution in [2.45, 2.75) is 25.0 Å². The number of ether oxygens (including phenoxy) is 1. The van der Waals surface area contributed by atoms with Crippen LogP contribution >= 0.6 is 11.8 Å². The van der Waals surface area contributed by atoms with Crippen LogP contribution in [0.4, 0.5) is 0 Å². The minimum atomic E-state index is -0.918. The summed E-state index contributed by atoms with van der Waals surface area (Å²) in [6.45, 7) is 3.26. The molecule has 0 aliphatic heterocycles. The van der Waals surface area contributed by atoms with E-state index in [9.17, 15) is 9.59 Å². The molecular formula is C20H18N2O4S. The summed E-state index contributed by atoms with van der Waals surface area (Å²) in [5.74, 6) is 0.0211. The Morgan fingerprint density at radius 3 is 2.48 bits per heavy atom. The topological polar surface area (TPSA) is 82.3 Å². The van der Waals surface area contributed by atoms with Gasteiger partial charge in [0.15, 0.2) is 17.7 Å². The fourth-order valence-electron chi connectivity index (χ4n) is 2.56. The summed E-state index contributed by atoms with van der Waals surface area (Å²) in [4.78, 5) is 33.9. The molecule has 7 heteroatoms. The Bertz CT molecular complexity index is 956. The van der Waals surface area contributed by atoms with E-state index in [1.807, 2.05) is 12.3 Å². The molecule has 0 aliphatic rings. The largest absolute Gasteiger partial charge is 0.461 e. The first-order valence-electron chi connectivity index (χ1n) is 8.28. The third-order valence-corrected chi connectivity index (χ3v) is 4.59. The van der Waals surface area contributed by atoms with Crippen LogP contribution in [-0.4, -0.2) is 34.1 Å². The first-order chi connectivity index (χ1) is 13.0. The van der Waals surface area contributed by atoms with E-state index < -0.39 is 12.1 Å². The average Bonchev–Trinajstić information content (AvgIpc) is 3.22. The smallest absolute Gasteiger partial charge is 0.343 e.